The lowest BCUT2D eigenvalue weighted by Crippen LogP contribution is -2.44. The van der Waals surface area contributed by atoms with E-state index in [1.54, 1.807) is 12.1 Å². The van der Waals surface area contributed by atoms with E-state index in [2.05, 4.69) is 29.1 Å². The summed E-state index contributed by atoms with van der Waals surface area (Å²) in [5.74, 6) is -0.392. The number of amidine groups is 1. The van der Waals surface area contributed by atoms with Gasteiger partial charge in [-0.3, -0.25) is 4.90 Å². The summed E-state index contributed by atoms with van der Waals surface area (Å²) in [5.41, 5.74) is 6.50. The van der Waals surface area contributed by atoms with Crippen molar-refractivity contribution in [3.05, 3.63) is 35.1 Å². The Hall–Kier alpha value is -1.66. The Morgan fingerprint density at radius 2 is 2.29 bits per heavy atom. The molecule has 116 valence electrons. The van der Waals surface area contributed by atoms with Crippen molar-refractivity contribution in [2.45, 2.75) is 25.4 Å². The molecule has 0 bridgehead atoms. The Bertz CT molecular complexity index is 518. The van der Waals surface area contributed by atoms with Crippen LogP contribution in [0.5, 0.6) is 0 Å². The van der Waals surface area contributed by atoms with Gasteiger partial charge in [-0.1, -0.05) is 17.3 Å². The topological polar surface area (TPSA) is 65.1 Å². The Kier molecular flexibility index (Phi) is 5.14. The van der Waals surface area contributed by atoms with Gasteiger partial charge in [0, 0.05) is 30.3 Å². The minimum atomic E-state index is -0.314. The van der Waals surface area contributed by atoms with Crippen molar-refractivity contribution in [2.24, 2.45) is 10.9 Å². The zero-order chi connectivity index (χ0) is 15.4. The van der Waals surface area contributed by atoms with Crippen molar-refractivity contribution < 1.29 is 9.60 Å². The van der Waals surface area contributed by atoms with Crippen LogP contribution in [0.4, 0.5) is 4.39 Å². The molecule has 1 heterocycles. The smallest absolute Gasteiger partial charge is 0.170 e. The first-order valence-electron chi connectivity index (χ1n) is 7.16. The van der Waals surface area contributed by atoms with Crippen LogP contribution in [-0.2, 0) is 6.54 Å². The van der Waals surface area contributed by atoms with E-state index in [4.69, 9.17) is 10.9 Å². The molecule has 1 aromatic carbocycles. The Balaban J connectivity index is 2.06. The summed E-state index contributed by atoms with van der Waals surface area (Å²) in [6.07, 6.45) is 2.32. The molecule has 3 N–H and O–H groups in total. The predicted molar refractivity (Wildman–Crippen MR) is 80.9 cm³/mol. The number of benzene rings is 1. The molecule has 1 unspecified atom stereocenters. The highest BCUT2D eigenvalue weighted by Gasteiger charge is 2.22. The lowest BCUT2D eigenvalue weighted by molar-refractivity contribution is 0.127. The first-order chi connectivity index (χ1) is 10.0. The average molecular weight is 294 g/mol. The van der Waals surface area contributed by atoms with Gasteiger partial charge in [-0.2, -0.15) is 0 Å². The van der Waals surface area contributed by atoms with Crippen LogP contribution in [0.3, 0.4) is 0 Å². The molecule has 5 nitrogen and oxygen atoms in total. The SMILES string of the molecule is CN(C)C1CCCN(Cc2ccc(C(N)=NO)cc2F)C1. The molecule has 0 spiro atoms. The summed E-state index contributed by atoms with van der Waals surface area (Å²) in [7, 11) is 4.17. The first kappa shape index (κ1) is 15.7. The fraction of sp³-hybridized carbons (Fsp3) is 0.533. The fourth-order valence-corrected chi connectivity index (χ4v) is 2.73. The number of oxime groups is 1. The van der Waals surface area contributed by atoms with Crippen LogP contribution in [-0.4, -0.2) is 54.1 Å². The van der Waals surface area contributed by atoms with Gasteiger partial charge in [0.05, 0.1) is 0 Å². The van der Waals surface area contributed by atoms with E-state index in [-0.39, 0.29) is 11.7 Å². The number of rotatable bonds is 4. The number of hydrogen-bond acceptors (Lipinski definition) is 4. The van der Waals surface area contributed by atoms with Crippen molar-refractivity contribution >= 4 is 5.84 Å². The molecule has 2 rings (SSSR count). The third-order valence-electron chi connectivity index (χ3n) is 4.06. The van der Waals surface area contributed by atoms with Crippen LogP contribution in [0.25, 0.3) is 0 Å². The van der Waals surface area contributed by atoms with Crippen LogP contribution in [0, 0.1) is 5.82 Å². The van der Waals surface area contributed by atoms with E-state index in [0.29, 0.717) is 23.7 Å². The van der Waals surface area contributed by atoms with E-state index < -0.39 is 0 Å². The highest BCUT2D eigenvalue weighted by molar-refractivity contribution is 5.97. The summed E-state index contributed by atoms with van der Waals surface area (Å²) < 4.78 is 14.1. The van der Waals surface area contributed by atoms with Crippen molar-refractivity contribution in [1.82, 2.24) is 9.80 Å². The Morgan fingerprint density at radius 3 is 2.90 bits per heavy atom. The fourth-order valence-electron chi connectivity index (χ4n) is 2.73. The van der Waals surface area contributed by atoms with E-state index in [1.165, 1.54) is 12.5 Å². The molecule has 1 aromatic rings. The normalized spacial score (nSPS) is 21.0. The van der Waals surface area contributed by atoms with Gasteiger partial charge in [0.1, 0.15) is 5.82 Å². The second-order valence-corrected chi connectivity index (χ2v) is 5.79. The van der Waals surface area contributed by atoms with E-state index in [0.717, 1.165) is 19.5 Å². The maximum absolute atomic E-state index is 14.1. The summed E-state index contributed by atoms with van der Waals surface area (Å²) in [5, 5.41) is 11.5. The maximum Gasteiger partial charge on any atom is 0.170 e. The minimum Gasteiger partial charge on any atom is -0.409 e. The van der Waals surface area contributed by atoms with Gasteiger partial charge >= 0.3 is 0 Å². The Morgan fingerprint density at radius 1 is 1.52 bits per heavy atom. The highest BCUT2D eigenvalue weighted by atomic mass is 19.1. The molecule has 1 fully saturated rings. The van der Waals surface area contributed by atoms with Crippen molar-refractivity contribution in [3.63, 3.8) is 0 Å². The summed E-state index contributed by atoms with van der Waals surface area (Å²) in [6, 6.07) is 5.24. The minimum absolute atomic E-state index is 0.0777. The number of likely N-dealkylation sites (tertiary alicyclic amines) is 1. The molecule has 1 aliphatic rings. The molecule has 21 heavy (non-hydrogen) atoms. The van der Waals surface area contributed by atoms with Gasteiger partial charge in [-0.25, -0.2) is 4.39 Å². The largest absolute Gasteiger partial charge is 0.409 e. The second kappa shape index (κ2) is 6.87. The monoisotopic (exact) mass is 294 g/mol. The predicted octanol–water partition coefficient (Wildman–Crippen LogP) is 1.45. The highest BCUT2D eigenvalue weighted by Crippen LogP contribution is 2.18. The number of likely N-dealkylation sites (N-methyl/N-ethyl adjacent to an activating group) is 1. The van der Waals surface area contributed by atoms with Crippen LogP contribution in [0.2, 0.25) is 0 Å². The summed E-state index contributed by atoms with van der Waals surface area (Å²) >= 11 is 0. The van der Waals surface area contributed by atoms with Crippen molar-refractivity contribution in [3.8, 4) is 0 Å². The summed E-state index contributed by atoms with van der Waals surface area (Å²) in [4.78, 5) is 4.50. The Labute approximate surface area is 124 Å². The van der Waals surface area contributed by atoms with E-state index >= 15 is 0 Å². The van der Waals surface area contributed by atoms with Gasteiger partial charge in [-0.15, -0.1) is 0 Å². The van der Waals surface area contributed by atoms with Crippen LogP contribution < -0.4 is 5.73 Å². The van der Waals surface area contributed by atoms with Gasteiger partial charge in [0.2, 0.25) is 0 Å². The number of nitrogens with zero attached hydrogens (tertiary/aromatic N) is 3. The zero-order valence-corrected chi connectivity index (χ0v) is 12.6. The zero-order valence-electron chi connectivity index (χ0n) is 12.6. The van der Waals surface area contributed by atoms with Gasteiger partial charge in [0.25, 0.3) is 0 Å². The third kappa shape index (κ3) is 3.92. The molecule has 0 aliphatic carbocycles. The molecule has 1 atom stereocenters. The average Bonchev–Trinajstić information content (AvgIpc) is 2.48. The molecule has 0 saturated carbocycles. The maximum atomic E-state index is 14.1. The number of piperidine rings is 1. The lowest BCUT2D eigenvalue weighted by Gasteiger charge is -2.36. The van der Waals surface area contributed by atoms with Crippen molar-refractivity contribution in [2.75, 3.05) is 27.2 Å². The molecule has 1 aliphatic heterocycles. The standard InChI is InChI=1S/C15H23FN4O/c1-19(2)13-4-3-7-20(10-13)9-12-6-5-11(8-14(12)16)15(17)18-21/h5-6,8,13,21H,3-4,7,9-10H2,1-2H3,(H2,17,18). The van der Waals surface area contributed by atoms with Gasteiger partial charge < -0.3 is 15.8 Å². The molecule has 6 heteroatoms. The quantitative estimate of drug-likeness (QED) is 0.382. The molecule has 0 amide bonds. The van der Waals surface area contributed by atoms with Crippen molar-refractivity contribution in [1.29, 1.82) is 0 Å². The number of halogens is 1. The molecule has 1 saturated heterocycles. The number of nitrogens with two attached hydrogens (primary N) is 1. The van der Waals surface area contributed by atoms with Crippen LogP contribution >= 0.6 is 0 Å². The first-order valence-corrected chi connectivity index (χ1v) is 7.16. The van der Waals surface area contributed by atoms with Crippen LogP contribution in [0.1, 0.15) is 24.0 Å². The molecule has 0 aromatic heterocycles. The molecule has 0 radical (unpaired) electrons. The molecular weight excluding hydrogens is 271 g/mol. The third-order valence-corrected chi connectivity index (χ3v) is 4.06. The van der Waals surface area contributed by atoms with Crippen LogP contribution in [0.15, 0.2) is 23.4 Å². The van der Waals surface area contributed by atoms with E-state index in [9.17, 15) is 4.39 Å². The lowest BCUT2D eigenvalue weighted by atomic mass is 10.0. The van der Waals surface area contributed by atoms with Gasteiger partial charge in [0.15, 0.2) is 5.84 Å². The van der Waals surface area contributed by atoms with E-state index in [1.807, 2.05) is 0 Å². The second-order valence-electron chi connectivity index (χ2n) is 5.79. The van der Waals surface area contributed by atoms with Gasteiger partial charge in [-0.05, 0) is 39.5 Å². The summed E-state index contributed by atoms with van der Waals surface area (Å²) in [6.45, 7) is 2.53. The number of hydrogen-bond donors (Lipinski definition) is 2. The molecular formula is C15H23FN4O.